The van der Waals surface area contributed by atoms with E-state index in [1.165, 1.54) is 4.90 Å². The molecule has 0 radical (unpaired) electrons. The number of aromatic nitrogens is 2. The van der Waals surface area contributed by atoms with Crippen molar-refractivity contribution >= 4 is 34.6 Å². The molecule has 0 bridgehead atoms. The second-order valence-corrected chi connectivity index (χ2v) is 5.76. The zero-order chi connectivity index (χ0) is 17.1. The summed E-state index contributed by atoms with van der Waals surface area (Å²) in [6, 6.07) is 13.4. The van der Waals surface area contributed by atoms with Crippen LogP contribution < -0.4 is 5.32 Å². The minimum atomic E-state index is -0.504. The molecule has 6 nitrogen and oxygen atoms in total. The lowest BCUT2D eigenvalue weighted by Gasteiger charge is -2.16. The quantitative estimate of drug-likeness (QED) is 0.767. The second-order valence-electron chi connectivity index (χ2n) is 5.32. The first-order valence-corrected chi connectivity index (χ1v) is 7.66. The monoisotopic (exact) mass is 342 g/mol. The summed E-state index contributed by atoms with van der Waals surface area (Å²) in [7, 11) is 1.59. The standard InChI is InChI=1S/C17H15ClN4O2/c1-22(10-15-19-13-4-2-3-5-14(13)20-15)17(24)21-16(23)11-6-8-12(18)9-7-11/h2-9H,10H2,1H3,(H,19,20)(H,21,23,24). The Morgan fingerprint density at radius 3 is 2.58 bits per heavy atom. The van der Waals surface area contributed by atoms with E-state index >= 15 is 0 Å². The van der Waals surface area contributed by atoms with Gasteiger partial charge in [-0.15, -0.1) is 0 Å². The number of urea groups is 1. The Bertz CT molecular complexity index is 856. The van der Waals surface area contributed by atoms with Crippen LogP contribution in [0.15, 0.2) is 48.5 Å². The summed E-state index contributed by atoms with van der Waals surface area (Å²) in [6.07, 6.45) is 0. The van der Waals surface area contributed by atoms with Gasteiger partial charge in [0.2, 0.25) is 0 Å². The molecule has 0 saturated carbocycles. The van der Waals surface area contributed by atoms with Gasteiger partial charge in [0.15, 0.2) is 0 Å². The first kappa shape index (κ1) is 16.0. The topological polar surface area (TPSA) is 78.1 Å². The molecule has 7 heteroatoms. The fourth-order valence-electron chi connectivity index (χ4n) is 2.24. The predicted molar refractivity (Wildman–Crippen MR) is 91.9 cm³/mol. The van der Waals surface area contributed by atoms with Crippen molar-refractivity contribution in [2.24, 2.45) is 0 Å². The van der Waals surface area contributed by atoms with Crippen molar-refractivity contribution in [3.05, 3.63) is 64.9 Å². The number of H-pyrrole nitrogens is 1. The van der Waals surface area contributed by atoms with Crippen LogP contribution in [0.3, 0.4) is 0 Å². The number of halogens is 1. The summed E-state index contributed by atoms with van der Waals surface area (Å²) < 4.78 is 0. The molecule has 0 spiro atoms. The summed E-state index contributed by atoms with van der Waals surface area (Å²) in [6.45, 7) is 0.258. The number of imide groups is 1. The maximum absolute atomic E-state index is 12.1. The van der Waals surface area contributed by atoms with Crippen molar-refractivity contribution in [2.45, 2.75) is 6.54 Å². The molecular formula is C17H15ClN4O2. The van der Waals surface area contributed by atoms with Crippen LogP contribution in [0.25, 0.3) is 11.0 Å². The van der Waals surface area contributed by atoms with Crippen LogP contribution in [0, 0.1) is 0 Å². The summed E-state index contributed by atoms with van der Waals surface area (Å²) >= 11 is 5.78. The van der Waals surface area contributed by atoms with Gasteiger partial charge in [0.25, 0.3) is 5.91 Å². The van der Waals surface area contributed by atoms with Gasteiger partial charge in [0, 0.05) is 17.6 Å². The van der Waals surface area contributed by atoms with Crippen LogP contribution in [0.2, 0.25) is 5.02 Å². The van der Waals surface area contributed by atoms with E-state index in [0.29, 0.717) is 16.4 Å². The molecule has 0 aliphatic rings. The number of hydrogen-bond donors (Lipinski definition) is 2. The number of amides is 3. The molecule has 1 aromatic heterocycles. The molecule has 3 aromatic rings. The predicted octanol–water partition coefficient (Wildman–Crippen LogP) is 3.20. The molecule has 1 heterocycles. The van der Waals surface area contributed by atoms with E-state index < -0.39 is 11.9 Å². The van der Waals surface area contributed by atoms with Crippen molar-refractivity contribution in [3.8, 4) is 0 Å². The molecule has 24 heavy (non-hydrogen) atoms. The number of hydrogen-bond acceptors (Lipinski definition) is 3. The van der Waals surface area contributed by atoms with Crippen LogP contribution in [0.5, 0.6) is 0 Å². The van der Waals surface area contributed by atoms with E-state index in [2.05, 4.69) is 15.3 Å². The van der Waals surface area contributed by atoms with Gasteiger partial charge in [-0.2, -0.15) is 0 Å². The van der Waals surface area contributed by atoms with E-state index in [4.69, 9.17) is 11.6 Å². The van der Waals surface area contributed by atoms with Crippen molar-refractivity contribution in [1.82, 2.24) is 20.2 Å². The third-order valence-corrected chi connectivity index (χ3v) is 3.75. The Morgan fingerprint density at radius 1 is 1.17 bits per heavy atom. The van der Waals surface area contributed by atoms with Crippen LogP contribution >= 0.6 is 11.6 Å². The largest absolute Gasteiger partial charge is 0.340 e. The van der Waals surface area contributed by atoms with E-state index in [0.717, 1.165) is 11.0 Å². The molecule has 0 atom stereocenters. The van der Waals surface area contributed by atoms with Gasteiger partial charge in [-0.3, -0.25) is 10.1 Å². The third-order valence-electron chi connectivity index (χ3n) is 3.50. The number of nitrogens with one attached hydrogen (secondary N) is 2. The molecule has 2 N–H and O–H groups in total. The SMILES string of the molecule is CN(Cc1nc2ccccc2[nH]1)C(=O)NC(=O)c1ccc(Cl)cc1. The Balaban J connectivity index is 1.63. The zero-order valence-electron chi connectivity index (χ0n) is 12.9. The number of rotatable bonds is 3. The molecule has 3 rings (SSSR count). The highest BCUT2D eigenvalue weighted by Gasteiger charge is 2.15. The Labute approximate surface area is 143 Å². The van der Waals surface area contributed by atoms with Gasteiger partial charge in [0.1, 0.15) is 5.82 Å². The lowest BCUT2D eigenvalue weighted by atomic mass is 10.2. The third kappa shape index (κ3) is 3.55. The van der Waals surface area contributed by atoms with Gasteiger partial charge in [-0.25, -0.2) is 9.78 Å². The normalized spacial score (nSPS) is 10.6. The van der Waals surface area contributed by atoms with Gasteiger partial charge >= 0.3 is 6.03 Å². The van der Waals surface area contributed by atoms with Gasteiger partial charge in [0.05, 0.1) is 17.6 Å². The summed E-state index contributed by atoms with van der Waals surface area (Å²) in [5.41, 5.74) is 2.10. The first-order valence-electron chi connectivity index (χ1n) is 7.28. The molecule has 0 saturated heterocycles. The molecule has 122 valence electrons. The number of imidazole rings is 1. The smallest absolute Gasteiger partial charge is 0.324 e. The maximum Gasteiger partial charge on any atom is 0.324 e. The number of aromatic amines is 1. The van der Waals surface area contributed by atoms with Crippen molar-refractivity contribution < 1.29 is 9.59 Å². The zero-order valence-corrected chi connectivity index (χ0v) is 13.7. The van der Waals surface area contributed by atoms with Gasteiger partial charge in [-0.1, -0.05) is 23.7 Å². The highest BCUT2D eigenvalue weighted by Crippen LogP contribution is 2.12. The highest BCUT2D eigenvalue weighted by atomic mass is 35.5. The fourth-order valence-corrected chi connectivity index (χ4v) is 2.37. The number of fused-ring (bicyclic) bond motifs is 1. The summed E-state index contributed by atoms with van der Waals surface area (Å²) in [5.74, 6) is 0.168. The first-order chi connectivity index (χ1) is 11.5. The van der Waals surface area contributed by atoms with Crippen molar-refractivity contribution in [1.29, 1.82) is 0 Å². The number of nitrogens with zero attached hydrogens (tertiary/aromatic N) is 2. The summed E-state index contributed by atoms with van der Waals surface area (Å²) in [4.78, 5) is 33.1. The van der Waals surface area contributed by atoms with Crippen LogP contribution in [-0.2, 0) is 6.54 Å². The molecule has 3 amide bonds. The average Bonchev–Trinajstić information content (AvgIpc) is 2.97. The highest BCUT2D eigenvalue weighted by molar-refractivity contribution is 6.30. The van der Waals surface area contributed by atoms with Gasteiger partial charge in [-0.05, 0) is 36.4 Å². The van der Waals surface area contributed by atoms with E-state index in [1.54, 1.807) is 31.3 Å². The minimum absolute atomic E-state index is 0.258. The van der Waals surface area contributed by atoms with Gasteiger partial charge < -0.3 is 9.88 Å². The van der Waals surface area contributed by atoms with E-state index in [9.17, 15) is 9.59 Å². The fraction of sp³-hybridized carbons (Fsp3) is 0.118. The number of para-hydroxylation sites is 2. The Hall–Kier alpha value is -2.86. The Kier molecular flexibility index (Phi) is 4.48. The van der Waals surface area contributed by atoms with Crippen LogP contribution in [0.1, 0.15) is 16.2 Å². The van der Waals surface area contributed by atoms with Crippen molar-refractivity contribution in [3.63, 3.8) is 0 Å². The minimum Gasteiger partial charge on any atom is -0.340 e. The molecular weight excluding hydrogens is 328 g/mol. The van der Waals surface area contributed by atoms with Crippen LogP contribution in [-0.4, -0.2) is 33.9 Å². The average molecular weight is 343 g/mol. The molecule has 0 aliphatic heterocycles. The lowest BCUT2D eigenvalue weighted by molar-refractivity contribution is 0.0953. The maximum atomic E-state index is 12.1. The summed E-state index contributed by atoms with van der Waals surface area (Å²) in [5, 5.41) is 2.86. The van der Waals surface area contributed by atoms with E-state index in [-0.39, 0.29) is 6.54 Å². The number of carbonyl (C=O) groups excluding carboxylic acids is 2. The molecule has 0 fully saturated rings. The van der Waals surface area contributed by atoms with Crippen LogP contribution in [0.4, 0.5) is 4.79 Å². The molecule has 2 aromatic carbocycles. The number of benzene rings is 2. The molecule has 0 aliphatic carbocycles. The van der Waals surface area contributed by atoms with E-state index in [1.807, 2.05) is 24.3 Å². The number of carbonyl (C=O) groups is 2. The second kappa shape index (κ2) is 6.72. The van der Waals surface area contributed by atoms with Crippen molar-refractivity contribution in [2.75, 3.05) is 7.05 Å². The lowest BCUT2D eigenvalue weighted by Crippen LogP contribution is -2.40. The Morgan fingerprint density at radius 2 is 1.88 bits per heavy atom. The molecule has 0 unspecified atom stereocenters.